The number of rotatable bonds is 5. The van der Waals surface area contributed by atoms with Gasteiger partial charge in [-0.3, -0.25) is 14.3 Å². The van der Waals surface area contributed by atoms with Crippen molar-refractivity contribution in [2.24, 2.45) is 0 Å². The highest BCUT2D eigenvalue weighted by Gasteiger charge is 2.22. The minimum Gasteiger partial charge on any atom is -0.467 e. The molecular weight excluding hydrogens is 448 g/mol. The fourth-order valence-electron chi connectivity index (χ4n) is 4.35. The molecular formula is C26H20N4O3S. The fourth-order valence-corrected chi connectivity index (χ4v) is 5.33. The van der Waals surface area contributed by atoms with Crippen molar-refractivity contribution >= 4 is 32.5 Å². The molecule has 0 aliphatic rings. The summed E-state index contributed by atoms with van der Waals surface area (Å²) in [5.41, 5.74) is 2.66. The van der Waals surface area contributed by atoms with E-state index < -0.39 is 0 Å². The molecule has 0 bridgehead atoms. The van der Waals surface area contributed by atoms with E-state index in [9.17, 15) is 9.59 Å². The molecule has 6 aromatic rings. The van der Waals surface area contributed by atoms with Crippen LogP contribution in [0.4, 0.5) is 0 Å². The molecule has 8 heteroatoms. The standard InChI is InChI=1S/C26H20N4O3S/c1-17-24-21(14-23(31)28(17)16-19-10-7-13-33-19)29(15-18-8-3-2-4-9-18)30(25(24)32)26-27-20-11-5-6-12-22(20)34-26/h2-14H,15-16H2,1H3. The summed E-state index contributed by atoms with van der Waals surface area (Å²) >= 11 is 1.45. The smallest absolute Gasteiger partial charge is 0.283 e. The number of benzene rings is 2. The van der Waals surface area contributed by atoms with Crippen molar-refractivity contribution in [2.75, 3.05) is 0 Å². The lowest BCUT2D eigenvalue weighted by molar-refractivity contribution is 0.487. The molecule has 0 aliphatic carbocycles. The zero-order chi connectivity index (χ0) is 23.2. The molecule has 4 aromatic heterocycles. The number of pyridine rings is 1. The average Bonchev–Trinajstić information content (AvgIpc) is 3.56. The van der Waals surface area contributed by atoms with E-state index >= 15 is 0 Å². The summed E-state index contributed by atoms with van der Waals surface area (Å²) in [5, 5.41) is 1.07. The molecule has 0 aliphatic heterocycles. The maximum atomic E-state index is 13.9. The fraction of sp³-hybridized carbons (Fsp3) is 0.115. The number of aromatic nitrogens is 4. The van der Waals surface area contributed by atoms with Crippen molar-refractivity contribution in [1.29, 1.82) is 0 Å². The Hall–Kier alpha value is -4.17. The molecule has 4 heterocycles. The molecule has 0 radical (unpaired) electrons. The number of hydrogen-bond donors (Lipinski definition) is 0. The van der Waals surface area contributed by atoms with Gasteiger partial charge in [0.05, 0.1) is 40.5 Å². The van der Waals surface area contributed by atoms with Gasteiger partial charge in [-0.05, 0) is 36.8 Å². The quantitative estimate of drug-likeness (QED) is 0.372. The molecule has 6 rings (SSSR count). The van der Waals surface area contributed by atoms with Crippen LogP contribution in [0.5, 0.6) is 0 Å². The van der Waals surface area contributed by atoms with Gasteiger partial charge in [-0.2, -0.15) is 4.68 Å². The van der Waals surface area contributed by atoms with E-state index in [-0.39, 0.29) is 17.7 Å². The highest BCUT2D eigenvalue weighted by atomic mass is 32.1. The van der Waals surface area contributed by atoms with Gasteiger partial charge in [0.15, 0.2) is 0 Å². The van der Waals surface area contributed by atoms with E-state index in [0.717, 1.165) is 15.8 Å². The third-order valence-electron chi connectivity index (χ3n) is 6.01. The second-order valence-electron chi connectivity index (χ2n) is 8.12. The van der Waals surface area contributed by atoms with E-state index in [4.69, 9.17) is 9.40 Å². The Labute approximate surface area is 197 Å². The molecule has 0 unspecified atom stereocenters. The van der Waals surface area contributed by atoms with E-state index in [0.29, 0.717) is 34.0 Å². The number of nitrogens with zero attached hydrogens (tertiary/aromatic N) is 4. The summed E-state index contributed by atoms with van der Waals surface area (Å²) in [7, 11) is 0. The predicted molar refractivity (Wildman–Crippen MR) is 133 cm³/mol. The first kappa shape index (κ1) is 20.4. The van der Waals surface area contributed by atoms with E-state index in [2.05, 4.69) is 0 Å². The van der Waals surface area contributed by atoms with Gasteiger partial charge in [-0.1, -0.05) is 53.8 Å². The topological polar surface area (TPSA) is 75.0 Å². The molecule has 0 N–H and O–H groups in total. The second kappa shape index (κ2) is 8.00. The summed E-state index contributed by atoms with van der Waals surface area (Å²) in [6.45, 7) is 2.50. The normalized spacial score (nSPS) is 11.6. The minimum atomic E-state index is -0.198. The van der Waals surface area contributed by atoms with Gasteiger partial charge in [0.2, 0.25) is 5.13 Å². The molecule has 0 atom stereocenters. The van der Waals surface area contributed by atoms with Crippen LogP contribution in [0.25, 0.3) is 26.3 Å². The predicted octanol–water partition coefficient (Wildman–Crippen LogP) is 4.56. The van der Waals surface area contributed by atoms with Crippen LogP contribution >= 0.6 is 11.3 Å². The van der Waals surface area contributed by atoms with Crippen LogP contribution in [0.1, 0.15) is 17.0 Å². The largest absolute Gasteiger partial charge is 0.467 e. The van der Waals surface area contributed by atoms with Crippen LogP contribution in [0.2, 0.25) is 0 Å². The monoisotopic (exact) mass is 468 g/mol. The zero-order valence-corrected chi connectivity index (χ0v) is 19.2. The van der Waals surface area contributed by atoms with Crippen molar-refractivity contribution in [3.05, 3.63) is 117 Å². The Bertz CT molecular complexity index is 1720. The SMILES string of the molecule is Cc1c2c(=O)n(-c3nc4ccccc4s3)n(Cc3ccccc3)c2cc(=O)n1Cc1ccco1. The molecule has 0 saturated heterocycles. The Morgan fingerprint density at radius 2 is 1.74 bits per heavy atom. The van der Waals surface area contributed by atoms with Gasteiger partial charge in [0, 0.05) is 11.8 Å². The number of para-hydroxylation sites is 1. The highest BCUT2D eigenvalue weighted by molar-refractivity contribution is 7.20. The Balaban J connectivity index is 1.64. The molecule has 0 saturated carbocycles. The first-order valence-corrected chi connectivity index (χ1v) is 11.7. The molecule has 0 amide bonds. The van der Waals surface area contributed by atoms with Crippen LogP contribution in [-0.4, -0.2) is 18.9 Å². The van der Waals surface area contributed by atoms with Crippen LogP contribution in [-0.2, 0) is 13.1 Å². The zero-order valence-electron chi connectivity index (χ0n) is 18.3. The van der Waals surface area contributed by atoms with Crippen molar-refractivity contribution in [3.63, 3.8) is 0 Å². The van der Waals surface area contributed by atoms with Gasteiger partial charge in [-0.25, -0.2) is 4.98 Å². The Kier molecular flexibility index (Phi) is 4.81. The number of furan rings is 1. The van der Waals surface area contributed by atoms with Gasteiger partial charge in [0.25, 0.3) is 11.1 Å². The third-order valence-corrected chi connectivity index (χ3v) is 7.02. The Morgan fingerprint density at radius 1 is 0.941 bits per heavy atom. The summed E-state index contributed by atoms with van der Waals surface area (Å²) < 4.78 is 11.5. The van der Waals surface area contributed by atoms with Gasteiger partial charge in [0.1, 0.15) is 5.76 Å². The van der Waals surface area contributed by atoms with Crippen LogP contribution in [0.3, 0.4) is 0 Å². The first-order valence-electron chi connectivity index (χ1n) is 10.9. The van der Waals surface area contributed by atoms with E-state index in [1.54, 1.807) is 27.6 Å². The van der Waals surface area contributed by atoms with Gasteiger partial charge in [-0.15, -0.1) is 0 Å². The van der Waals surface area contributed by atoms with Crippen molar-refractivity contribution in [3.8, 4) is 5.13 Å². The van der Waals surface area contributed by atoms with Gasteiger partial charge >= 0.3 is 0 Å². The maximum absolute atomic E-state index is 13.9. The molecule has 0 spiro atoms. The minimum absolute atomic E-state index is 0.190. The number of fused-ring (bicyclic) bond motifs is 2. The van der Waals surface area contributed by atoms with Gasteiger partial charge < -0.3 is 8.98 Å². The lowest BCUT2D eigenvalue weighted by Gasteiger charge is -2.12. The summed E-state index contributed by atoms with van der Waals surface area (Å²) in [6, 6.07) is 22.8. The van der Waals surface area contributed by atoms with Crippen molar-refractivity contribution in [2.45, 2.75) is 20.0 Å². The number of hydrogen-bond acceptors (Lipinski definition) is 5. The second-order valence-corrected chi connectivity index (χ2v) is 9.13. The van der Waals surface area contributed by atoms with E-state index in [1.165, 1.54) is 11.3 Å². The van der Waals surface area contributed by atoms with E-state index in [1.807, 2.05) is 72.3 Å². The summed E-state index contributed by atoms with van der Waals surface area (Å²) in [6.07, 6.45) is 1.57. The molecule has 7 nitrogen and oxygen atoms in total. The molecule has 168 valence electrons. The number of aryl methyl sites for hydroxylation is 1. The lowest BCUT2D eigenvalue weighted by atomic mass is 10.2. The molecule has 0 fully saturated rings. The lowest BCUT2D eigenvalue weighted by Crippen LogP contribution is -2.23. The Morgan fingerprint density at radius 3 is 2.50 bits per heavy atom. The highest BCUT2D eigenvalue weighted by Crippen LogP contribution is 2.26. The average molecular weight is 469 g/mol. The van der Waals surface area contributed by atoms with Crippen LogP contribution in [0.15, 0.2) is 93.1 Å². The summed E-state index contributed by atoms with van der Waals surface area (Å²) in [5.74, 6) is 0.653. The number of thiazole rings is 1. The molecule has 2 aromatic carbocycles. The first-order chi connectivity index (χ1) is 16.6. The van der Waals surface area contributed by atoms with Crippen LogP contribution in [0, 0.1) is 6.92 Å². The third kappa shape index (κ3) is 3.31. The van der Waals surface area contributed by atoms with Crippen molar-refractivity contribution in [1.82, 2.24) is 18.9 Å². The van der Waals surface area contributed by atoms with Crippen LogP contribution < -0.4 is 11.1 Å². The summed E-state index contributed by atoms with van der Waals surface area (Å²) in [4.78, 5) is 31.8. The van der Waals surface area contributed by atoms with Crippen molar-refractivity contribution < 1.29 is 4.42 Å². The molecule has 34 heavy (non-hydrogen) atoms. The maximum Gasteiger partial charge on any atom is 0.283 e.